The number of piperidine rings is 2. The van der Waals surface area contributed by atoms with Gasteiger partial charge >= 0.3 is 0 Å². The molecule has 2 aromatic heterocycles. The van der Waals surface area contributed by atoms with E-state index in [4.69, 9.17) is 28.2 Å². The van der Waals surface area contributed by atoms with Gasteiger partial charge in [0.25, 0.3) is 0 Å². The molecule has 2 saturated heterocycles. The third-order valence-electron chi connectivity index (χ3n) is 11.8. The second kappa shape index (κ2) is 22.4. The van der Waals surface area contributed by atoms with Gasteiger partial charge in [-0.1, -0.05) is 124 Å². The lowest BCUT2D eigenvalue weighted by Gasteiger charge is -2.37. The summed E-state index contributed by atoms with van der Waals surface area (Å²) in [7, 11) is 0. The van der Waals surface area contributed by atoms with Gasteiger partial charge in [0.1, 0.15) is 0 Å². The van der Waals surface area contributed by atoms with Crippen LogP contribution in [0.15, 0.2) is 109 Å². The molecule has 0 atom stereocenters. The molecule has 4 heterocycles. The van der Waals surface area contributed by atoms with Crippen molar-refractivity contribution in [3.8, 4) is 22.5 Å². The van der Waals surface area contributed by atoms with Crippen LogP contribution in [0, 0.1) is 0 Å². The van der Waals surface area contributed by atoms with Gasteiger partial charge in [0, 0.05) is 56.1 Å². The number of carbonyl (C=O) groups is 1. The molecule has 310 valence electrons. The minimum absolute atomic E-state index is 0.613. The van der Waals surface area contributed by atoms with E-state index in [0.29, 0.717) is 10.6 Å². The fourth-order valence-electron chi connectivity index (χ4n) is 8.58. The maximum absolute atomic E-state index is 11.2. The largest absolute Gasteiger partial charge is 0.317 e. The number of hydrogen-bond donors (Lipinski definition) is 1. The number of aromatic nitrogens is 2. The van der Waals surface area contributed by atoms with E-state index in [2.05, 4.69) is 89.1 Å². The van der Waals surface area contributed by atoms with Crippen LogP contribution < -0.4 is 5.32 Å². The molecule has 0 aliphatic carbocycles. The number of fused-ring (bicyclic) bond motifs is 2. The lowest BCUT2D eigenvalue weighted by atomic mass is 10.0. The van der Waals surface area contributed by atoms with Crippen LogP contribution in [-0.2, 0) is 6.54 Å². The van der Waals surface area contributed by atoms with E-state index in [9.17, 15) is 4.79 Å². The zero-order valence-electron chi connectivity index (χ0n) is 35.2. The summed E-state index contributed by atoms with van der Waals surface area (Å²) in [6, 6.07) is 37.3. The first kappa shape index (κ1) is 44.3. The molecule has 0 bridgehead atoms. The molecule has 8 rings (SSSR count). The minimum Gasteiger partial charge on any atom is -0.317 e. The van der Waals surface area contributed by atoms with Crippen LogP contribution >= 0.6 is 23.2 Å². The molecule has 4 aromatic carbocycles. The van der Waals surface area contributed by atoms with E-state index >= 15 is 0 Å². The van der Waals surface area contributed by atoms with Gasteiger partial charge in [-0.15, -0.1) is 0 Å². The topological polar surface area (TPSA) is 64.6 Å². The first-order valence-electron chi connectivity index (χ1n) is 21.5. The number of likely N-dealkylation sites (tertiary alicyclic amines) is 1. The maximum Gasteiger partial charge on any atom is 0.150 e. The lowest BCUT2D eigenvalue weighted by Crippen LogP contribution is -2.44. The van der Waals surface area contributed by atoms with E-state index in [1.165, 1.54) is 62.8 Å². The van der Waals surface area contributed by atoms with Crippen LogP contribution in [0.4, 0.5) is 0 Å². The highest BCUT2D eigenvalue weighted by Crippen LogP contribution is 2.29. The van der Waals surface area contributed by atoms with Gasteiger partial charge < -0.3 is 15.1 Å². The Kier molecular flexibility index (Phi) is 16.8. The predicted molar refractivity (Wildman–Crippen MR) is 250 cm³/mol. The SMILES string of the molecule is CCN(CC)C1CCN(Cc2cc(-c3ccccc3)nc3cc(Cl)ccc23)CC1.CCN(CC)C1CCNCC1.O=Cc1cc(-c2ccccc2)nc2cc(Cl)ccc12. The third-order valence-corrected chi connectivity index (χ3v) is 12.3. The molecule has 0 unspecified atom stereocenters. The number of carbonyl (C=O) groups excluding carboxylic acids is 1. The normalized spacial score (nSPS) is 15.2. The Morgan fingerprint density at radius 2 is 1.10 bits per heavy atom. The van der Waals surface area contributed by atoms with Crippen LogP contribution in [0.1, 0.15) is 69.3 Å². The summed E-state index contributed by atoms with van der Waals surface area (Å²) >= 11 is 12.3. The fourth-order valence-corrected chi connectivity index (χ4v) is 8.91. The summed E-state index contributed by atoms with van der Waals surface area (Å²) in [4.78, 5) is 28.5. The summed E-state index contributed by atoms with van der Waals surface area (Å²) in [6.07, 6.45) is 6.03. The molecule has 6 aromatic rings. The number of pyridine rings is 2. The second-order valence-electron chi connectivity index (χ2n) is 15.4. The molecule has 7 nitrogen and oxygen atoms in total. The molecule has 0 radical (unpaired) electrons. The number of halogens is 2. The Bertz CT molecular complexity index is 2210. The van der Waals surface area contributed by atoms with Gasteiger partial charge in [0.2, 0.25) is 0 Å². The first-order valence-corrected chi connectivity index (χ1v) is 22.3. The average molecular weight is 832 g/mol. The van der Waals surface area contributed by atoms with Crippen molar-refractivity contribution in [2.45, 2.75) is 72.0 Å². The van der Waals surface area contributed by atoms with Crippen molar-refractivity contribution in [2.24, 2.45) is 0 Å². The highest BCUT2D eigenvalue weighted by molar-refractivity contribution is 6.31. The Morgan fingerprint density at radius 3 is 1.61 bits per heavy atom. The van der Waals surface area contributed by atoms with Crippen LogP contribution in [0.3, 0.4) is 0 Å². The van der Waals surface area contributed by atoms with Gasteiger partial charge in [-0.05, 0) is 120 Å². The number of nitrogens with zero attached hydrogens (tertiary/aromatic N) is 5. The molecule has 2 fully saturated rings. The highest BCUT2D eigenvalue weighted by Gasteiger charge is 2.24. The minimum atomic E-state index is 0.613. The molecule has 9 heteroatoms. The van der Waals surface area contributed by atoms with E-state index in [1.54, 1.807) is 18.2 Å². The summed E-state index contributed by atoms with van der Waals surface area (Å²) in [5.41, 5.74) is 7.60. The quantitative estimate of drug-likeness (QED) is 0.130. The van der Waals surface area contributed by atoms with Crippen molar-refractivity contribution in [3.63, 3.8) is 0 Å². The molecule has 0 amide bonds. The maximum atomic E-state index is 11.2. The monoisotopic (exact) mass is 830 g/mol. The van der Waals surface area contributed by atoms with E-state index in [1.807, 2.05) is 54.6 Å². The summed E-state index contributed by atoms with van der Waals surface area (Å²) in [5.74, 6) is 0. The van der Waals surface area contributed by atoms with Crippen LogP contribution in [0.25, 0.3) is 44.3 Å². The van der Waals surface area contributed by atoms with E-state index in [0.717, 1.165) is 95.1 Å². The van der Waals surface area contributed by atoms with Crippen molar-refractivity contribution < 1.29 is 4.79 Å². The van der Waals surface area contributed by atoms with E-state index < -0.39 is 0 Å². The van der Waals surface area contributed by atoms with Crippen molar-refractivity contribution in [3.05, 3.63) is 130 Å². The molecule has 2 aliphatic rings. The second-order valence-corrected chi connectivity index (χ2v) is 16.2. The van der Waals surface area contributed by atoms with Gasteiger partial charge in [-0.25, -0.2) is 9.97 Å². The Morgan fingerprint density at radius 1 is 0.627 bits per heavy atom. The molecule has 0 spiro atoms. The van der Waals surface area contributed by atoms with Gasteiger partial charge in [-0.3, -0.25) is 9.69 Å². The molecular weight excluding hydrogens is 771 g/mol. The molecule has 59 heavy (non-hydrogen) atoms. The van der Waals surface area contributed by atoms with Crippen molar-refractivity contribution >= 4 is 51.3 Å². The van der Waals surface area contributed by atoms with Crippen LogP contribution in [-0.4, -0.2) is 95.4 Å². The Hall–Kier alpha value is -4.21. The average Bonchev–Trinajstić information content (AvgIpc) is 3.28. The zero-order chi connectivity index (χ0) is 41.6. The summed E-state index contributed by atoms with van der Waals surface area (Å²) in [6.45, 7) is 19.5. The van der Waals surface area contributed by atoms with Crippen molar-refractivity contribution in [1.82, 2.24) is 30.0 Å². The molecule has 1 N–H and O–H groups in total. The molecule has 0 saturated carbocycles. The number of nitrogens with one attached hydrogen (secondary N) is 1. The summed E-state index contributed by atoms with van der Waals surface area (Å²) < 4.78 is 0. The Labute approximate surface area is 361 Å². The summed E-state index contributed by atoms with van der Waals surface area (Å²) in [5, 5.41) is 6.77. The van der Waals surface area contributed by atoms with Crippen LogP contribution in [0.5, 0.6) is 0 Å². The van der Waals surface area contributed by atoms with Gasteiger partial charge in [0.05, 0.1) is 22.4 Å². The number of hydrogen-bond acceptors (Lipinski definition) is 7. The van der Waals surface area contributed by atoms with Crippen molar-refractivity contribution in [1.29, 1.82) is 0 Å². The lowest BCUT2D eigenvalue weighted by molar-refractivity contribution is 0.112. The highest BCUT2D eigenvalue weighted by atomic mass is 35.5. The standard InChI is InChI=1S/C25H30ClN3.C16H10ClNO.C9H20N2/c1-3-29(4-2)22-12-14-28(15-13-22)18-20-16-24(19-8-6-5-7-9-19)27-25-17-21(26)10-11-23(20)25;17-13-6-7-14-12(10-19)8-15(18-16(14)9-13)11-4-2-1-3-5-11;1-3-11(4-2)9-5-7-10-8-6-9/h5-11,16-17,22H,3-4,12-15,18H2,1-2H3;1-10H;9-10H,3-8H2,1-2H3. The van der Waals surface area contributed by atoms with Gasteiger partial charge in [-0.2, -0.15) is 0 Å². The smallest absolute Gasteiger partial charge is 0.150 e. The third kappa shape index (κ3) is 12.0. The molecular formula is C50H60Cl2N6O. The number of aldehydes is 1. The Balaban J connectivity index is 0.000000166. The fraction of sp³-hybridized carbons (Fsp3) is 0.380. The molecule has 2 aliphatic heterocycles. The first-order chi connectivity index (χ1) is 28.8. The van der Waals surface area contributed by atoms with Crippen molar-refractivity contribution in [2.75, 3.05) is 52.4 Å². The number of benzene rings is 4. The van der Waals surface area contributed by atoms with E-state index in [-0.39, 0.29) is 0 Å². The van der Waals surface area contributed by atoms with Crippen LogP contribution in [0.2, 0.25) is 10.0 Å². The van der Waals surface area contributed by atoms with Gasteiger partial charge in [0.15, 0.2) is 6.29 Å². The zero-order valence-corrected chi connectivity index (χ0v) is 36.7. The number of rotatable bonds is 11. The predicted octanol–water partition coefficient (Wildman–Crippen LogP) is 11.3.